The number of esters is 1. The first-order valence-corrected chi connectivity index (χ1v) is 7.03. The number of rotatable bonds is 1. The first kappa shape index (κ1) is 14.5. The molecule has 1 N–H and O–H groups in total. The summed E-state index contributed by atoms with van der Waals surface area (Å²) in [5, 5.41) is 19.7. The van der Waals surface area contributed by atoms with Gasteiger partial charge in [0, 0.05) is 5.56 Å². The Balaban J connectivity index is 2.07. The van der Waals surface area contributed by atoms with Gasteiger partial charge in [0.2, 0.25) is 0 Å². The van der Waals surface area contributed by atoms with E-state index in [4.69, 9.17) is 14.7 Å². The van der Waals surface area contributed by atoms with Crippen LogP contribution in [0.5, 0.6) is 5.75 Å². The van der Waals surface area contributed by atoms with E-state index in [9.17, 15) is 9.90 Å². The van der Waals surface area contributed by atoms with Gasteiger partial charge in [0.05, 0.1) is 23.8 Å². The summed E-state index contributed by atoms with van der Waals surface area (Å²) in [5.41, 5.74) is 0.898. The molecule has 22 heavy (non-hydrogen) atoms. The molecule has 2 aliphatic heterocycles. The van der Waals surface area contributed by atoms with E-state index in [0.29, 0.717) is 22.6 Å². The topological polar surface area (TPSA) is 91.9 Å². The van der Waals surface area contributed by atoms with Crippen molar-refractivity contribution in [1.82, 2.24) is 0 Å². The molecule has 0 aromatic heterocycles. The summed E-state index contributed by atoms with van der Waals surface area (Å²) in [6.45, 7) is 3.71. The van der Waals surface area contributed by atoms with Crippen LogP contribution in [0.15, 0.2) is 23.2 Å². The Morgan fingerprint density at radius 3 is 2.86 bits per heavy atom. The molecule has 2 aliphatic rings. The molecule has 1 aromatic carbocycles. The van der Waals surface area contributed by atoms with E-state index >= 15 is 0 Å². The maximum Gasteiger partial charge on any atom is 0.312 e. The van der Waals surface area contributed by atoms with E-state index in [-0.39, 0.29) is 19.0 Å². The fourth-order valence-corrected chi connectivity index (χ4v) is 2.69. The average Bonchev–Trinajstić information content (AvgIpc) is 2.88. The van der Waals surface area contributed by atoms with Gasteiger partial charge in [-0.15, -0.1) is 0 Å². The van der Waals surface area contributed by atoms with Crippen molar-refractivity contribution in [1.29, 1.82) is 5.26 Å². The van der Waals surface area contributed by atoms with Crippen LogP contribution in [0.3, 0.4) is 0 Å². The summed E-state index contributed by atoms with van der Waals surface area (Å²) in [5.74, 6) is 0.277. The number of aliphatic imine (C=N–C) groups is 1. The molecule has 0 unspecified atom stereocenters. The Hall–Kier alpha value is -2.39. The molecule has 2 heterocycles. The van der Waals surface area contributed by atoms with E-state index < -0.39 is 17.7 Å². The molecular weight excluding hydrogens is 284 g/mol. The van der Waals surface area contributed by atoms with Crippen LogP contribution in [0, 0.1) is 11.3 Å². The van der Waals surface area contributed by atoms with Crippen LogP contribution in [-0.4, -0.2) is 35.1 Å². The van der Waals surface area contributed by atoms with Crippen LogP contribution in [0.2, 0.25) is 0 Å². The van der Waals surface area contributed by atoms with Crippen LogP contribution in [0.1, 0.15) is 37.4 Å². The highest BCUT2D eigenvalue weighted by Crippen LogP contribution is 2.42. The van der Waals surface area contributed by atoms with Gasteiger partial charge in [-0.1, -0.05) is 0 Å². The van der Waals surface area contributed by atoms with Crippen LogP contribution >= 0.6 is 0 Å². The monoisotopic (exact) mass is 300 g/mol. The first-order valence-electron chi connectivity index (χ1n) is 7.03. The third-order valence-electron chi connectivity index (χ3n) is 3.91. The van der Waals surface area contributed by atoms with E-state index in [1.165, 1.54) is 0 Å². The molecule has 114 valence electrons. The number of ether oxygens (including phenoxy) is 2. The Morgan fingerprint density at radius 2 is 2.23 bits per heavy atom. The zero-order chi connectivity index (χ0) is 15.9. The first-order chi connectivity index (χ1) is 10.4. The Bertz CT molecular complexity index is 703. The molecule has 0 spiro atoms. The maximum absolute atomic E-state index is 11.2. The minimum absolute atomic E-state index is 0.137. The lowest BCUT2D eigenvalue weighted by Crippen LogP contribution is -2.48. The second kappa shape index (κ2) is 5.11. The number of nitriles is 1. The molecule has 6 nitrogen and oxygen atoms in total. The van der Waals surface area contributed by atoms with Crippen molar-refractivity contribution in [2.45, 2.75) is 38.0 Å². The summed E-state index contributed by atoms with van der Waals surface area (Å²) in [6, 6.07) is 6.53. The summed E-state index contributed by atoms with van der Waals surface area (Å²) in [4.78, 5) is 15.7. The molecule has 3 rings (SSSR count). The molecule has 1 fully saturated rings. The van der Waals surface area contributed by atoms with Gasteiger partial charge in [0.25, 0.3) is 0 Å². The minimum atomic E-state index is -0.892. The van der Waals surface area contributed by atoms with Gasteiger partial charge in [-0.25, -0.2) is 0 Å². The van der Waals surface area contributed by atoms with Crippen molar-refractivity contribution in [3.05, 3.63) is 29.3 Å². The standard InChI is InChI=1S/C16H16N2O4/c1-16(2)15(20)14(18-10-6-13(19)21-8-10)11-5-9(7-17)3-4-12(11)22-16/h3-5,14-15,20H,6,8H2,1-2H3/t14-,15+/m0/s1. The Morgan fingerprint density at radius 1 is 1.45 bits per heavy atom. The molecule has 6 heteroatoms. The van der Waals surface area contributed by atoms with Gasteiger partial charge in [-0.3, -0.25) is 9.79 Å². The number of aliphatic hydroxyl groups is 1. The quantitative estimate of drug-likeness (QED) is 0.794. The molecule has 0 saturated carbocycles. The van der Waals surface area contributed by atoms with Crippen molar-refractivity contribution < 1.29 is 19.4 Å². The molecule has 0 aliphatic carbocycles. The highest BCUT2D eigenvalue weighted by molar-refractivity contribution is 6.04. The van der Waals surface area contributed by atoms with Crippen molar-refractivity contribution in [3.63, 3.8) is 0 Å². The fourth-order valence-electron chi connectivity index (χ4n) is 2.69. The number of carbonyl (C=O) groups is 1. The molecule has 0 bridgehead atoms. The van der Waals surface area contributed by atoms with Gasteiger partial charge in [0.15, 0.2) is 0 Å². The summed E-state index contributed by atoms with van der Waals surface area (Å²) in [6.07, 6.45) is -0.755. The van der Waals surface area contributed by atoms with Crippen molar-refractivity contribution in [3.8, 4) is 11.8 Å². The zero-order valence-electron chi connectivity index (χ0n) is 12.4. The van der Waals surface area contributed by atoms with Crippen LogP contribution in [0.25, 0.3) is 0 Å². The summed E-state index contributed by atoms with van der Waals surface area (Å²) in [7, 11) is 0. The molecule has 0 amide bonds. The van der Waals surface area contributed by atoms with E-state index in [1.54, 1.807) is 32.0 Å². The number of nitrogens with zero attached hydrogens (tertiary/aromatic N) is 2. The Labute approximate surface area is 128 Å². The van der Waals surface area contributed by atoms with Gasteiger partial charge >= 0.3 is 5.97 Å². The predicted molar refractivity (Wildman–Crippen MR) is 77.6 cm³/mol. The number of hydrogen-bond acceptors (Lipinski definition) is 6. The number of cyclic esters (lactones) is 1. The molecule has 1 aromatic rings. The van der Waals surface area contributed by atoms with Gasteiger partial charge in [-0.05, 0) is 32.0 Å². The van der Waals surface area contributed by atoms with Crippen molar-refractivity contribution in [2.75, 3.05) is 6.61 Å². The van der Waals surface area contributed by atoms with Crippen molar-refractivity contribution in [2.24, 2.45) is 4.99 Å². The van der Waals surface area contributed by atoms with Gasteiger partial charge < -0.3 is 14.6 Å². The average molecular weight is 300 g/mol. The maximum atomic E-state index is 11.2. The van der Waals surface area contributed by atoms with Crippen LogP contribution < -0.4 is 4.74 Å². The number of aliphatic hydroxyl groups excluding tert-OH is 1. The predicted octanol–water partition coefficient (Wildman–Crippen LogP) is 1.52. The van der Waals surface area contributed by atoms with E-state index in [1.807, 2.05) is 0 Å². The van der Waals surface area contributed by atoms with Gasteiger partial charge in [-0.2, -0.15) is 5.26 Å². The number of hydrogen-bond donors (Lipinski definition) is 1. The SMILES string of the molecule is CC1(C)Oc2ccc(C#N)cc2[C@H](N=C2COC(=O)C2)[C@H]1O. The van der Waals surface area contributed by atoms with Crippen molar-refractivity contribution >= 4 is 11.7 Å². The lowest BCUT2D eigenvalue weighted by molar-refractivity contribution is -0.137. The summed E-state index contributed by atoms with van der Waals surface area (Å²) >= 11 is 0. The highest BCUT2D eigenvalue weighted by atomic mass is 16.5. The second-order valence-electron chi connectivity index (χ2n) is 5.99. The zero-order valence-corrected chi connectivity index (χ0v) is 12.4. The van der Waals surface area contributed by atoms with Crippen LogP contribution in [-0.2, 0) is 9.53 Å². The van der Waals surface area contributed by atoms with Gasteiger partial charge in [0.1, 0.15) is 30.1 Å². The highest BCUT2D eigenvalue weighted by Gasteiger charge is 2.43. The van der Waals surface area contributed by atoms with E-state index in [2.05, 4.69) is 11.1 Å². The Kier molecular flexibility index (Phi) is 3.38. The molecule has 1 saturated heterocycles. The van der Waals surface area contributed by atoms with Crippen LogP contribution in [0.4, 0.5) is 0 Å². The fraction of sp³-hybridized carbons (Fsp3) is 0.438. The molecule has 2 atom stereocenters. The molecule has 0 radical (unpaired) electrons. The minimum Gasteiger partial charge on any atom is -0.485 e. The summed E-state index contributed by atoms with van der Waals surface area (Å²) < 4.78 is 10.7. The second-order valence-corrected chi connectivity index (χ2v) is 5.99. The molecular formula is C16H16N2O4. The lowest BCUT2D eigenvalue weighted by atomic mass is 9.86. The smallest absolute Gasteiger partial charge is 0.312 e. The number of benzene rings is 1. The third kappa shape index (κ3) is 2.44. The largest absolute Gasteiger partial charge is 0.485 e. The lowest BCUT2D eigenvalue weighted by Gasteiger charge is -2.40. The number of carbonyl (C=O) groups excluding carboxylic acids is 1. The number of fused-ring (bicyclic) bond motifs is 1. The normalized spacial score (nSPS) is 27.7. The van der Waals surface area contributed by atoms with E-state index in [0.717, 1.165) is 0 Å². The third-order valence-corrected chi connectivity index (χ3v) is 3.91.